The molecule has 2 aromatic rings. The van der Waals surface area contributed by atoms with Crippen LogP contribution in [0.3, 0.4) is 0 Å². The number of nitriles is 1. The summed E-state index contributed by atoms with van der Waals surface area (Å²) in [5.74, 6) is 0.929. The van der Waals surface area contributed by atoms with Crippen LogP contribution >= 0.6 is 0 Å². The van der Waals surface area contributed by atoms with Gasteiger partial charge in [-0.1, -0.05) is 19.4 Å². The molecule has 0 radical (unpaired) electrons. The summed E-state index contributed by atoms with van der Waals surface area (Å²) in [5, 5.41) is 24.0. The number of aliphatic hydroxyl groups is 1. The highest BCUT2D eigenvalue weighted by atomic mass is 16.3. The summed E-state index contributed by atoms with van der Waals surface area (Å²) in [6, 6.07) is 11.3. The van der Waals surface area contributed by atoms with Crippen LogP contribution in [0.1, 0.15) is 31.0 Å². The van der Waals surface area contributed by atoms with Gasteiger partial charge < -0.3 is 20.6 Å². The molecule has 0 aliphatic carbocycles. The van der Waals surface area contributed by atoms with E-state index < -0.39 is 6.61 Å². The van der Waals surface area contributed by atoms with Crippen molar-refractivity contribution in [2.24, 2.45) is 0 Å². The van der Waals surface area contributed by atoms with E-state index in [-0.39, 0.29) is 11.9 Å². The van der Waals surface area contributed by atoms with Crippen LogP contribution in [0.5, 0.6) is 0 Å². The number of carbonyl (C=O) groups is 1. The van der Waals surface area contributed by atoms with Crippen LogP contribution in [0.25, 0.3) is 0 Å². The van der Waals surface area contributed by atoms with Gasteiger partial charge in [0.15, 0.2) is 0 Å². The summed E-state index contributed by atoms with van der Waals surface area (Å²) in [4.78, 5) is 22.8. The van der Waals surface area contributed by atoms with Crippen molar-refractivity contribution >= 4 is 23.4 Å². The second kappa shape index (κ2) is 9.15. The van der Waals surface area contributed by atoms with Crippen LogP contribution in [0, 0.1) is 11.3 Å². The van der Waals surface area contributed by atoms with Crippen molar-refractivity contribution in [3.63, 3.8) is 0 Å². The fraction of sp³-hybridized carbons (Fsp3) is 0.400. The maximum Gasteiger partial charge on any atom is 0.245 e. The lowest BCUT2D eigenvalue weighted by molar-refractivity contribution is -0.124. The predicted molar refractivity (Wildman–Crippen MR) is 106 cm³/mol. The van der Waals surface area contributed by atoms with Crippen LogP contribution in [0.15, 0.2) is 30.3 Å². The molecule has 1 aliphatic heterocycles. The predicted octanol–water partition coefficient (Wildman–Crippen LogP) is 1.73. The van der Waals surface area contributed by atoms with E-state index in [1.807, 2.05) is 18.2 Å². The van der Waals surface area contributed by atoms with Gasteiger partial charge in [0.2, 0.25) is 11.9 Å². The van der Waals surface area contributed by atoms with Crippen molar-refractivity contribution in [1.82, 2.24) is 15.3 Å². The monoisotopic (exact) mass is 380 g/mol. The molecule has 1 aromatic heterocycles. The Morgan fingerprint density at radius 2 is 2.25 bits per heavy atom. The highest BCUT2D eigenvalue weighted by Gasteiger charge is 2.25. The van der Waals surface area contributed by atoms with Crippen LogP contribution in [-0.2, 0) is 11.2 Å². The standard InChI is InChI=1S/C20H24N6O2/c1-2-4-15-10-18(26-8-7-17(12-26)22-19(28)13-27)25-20(23-15)24-16-6-3-5-14(9-16)11-21/h3,5-6,9-10,17,27H,2,4,7-8,12-13H2,1H3,(H,22,28)(H,23,24,25). The minimum Gasteiger partial charge on any atom is -0.387 e. The Labute approximate surface area is 164 Å². The van der Waals surface area contributed by atoms with E-state index in [4.69, 9.17) is 10.4 Å². The van der Waals surface area contributed by atoms with Gasteiger partial charge in [-0.15, -0.1) is 0 Å². The van der Waals surface area contributed by atoms with Crippen molar-refractivity contribution in [3.8, 4) is 6.07 Å². The lowest BCUT2D eigenvalue weighted by atomic mass is 10.2. The fourth-order valence-electron chi connectivity index (χ4n) is 3.24. The van der Waals surface area contributed by atoms with E-state index in [0.717, 1.165) is 43.0 Å². The number of hydrogen-bond donors (Lipinski definition) is 3. The molecule has 2 heterocycles. The average Bonchev–Trinajstić information content (AvgIpc) is 3.16. The van der Waals surface area contributed by atoms with Crippen molar-refractivity contribution in [1.29, 1.82) is 5.26 Å². The summed E-state index contributed by atoms with van der Waals surface area (Å²) < 4.78 is 0. The number of aliphatic hydroxyl groups excluding tert-OH is 1. The number of nitrogens with one attached hydrogen (secondary N) is 2. The lowest BCUT2D eigenvalue weighted by Crippen LogP contribution is -2.38. The molecular formula is C20H24N6O2. The zero-order valence-corrected chi connectivity index (χ0v) is 15.9. The molecule has 1 aliphatic rings. The number of carbonyl (C=O) groups excluding carboxylic acids is 1. The number of rotatable bonds is 7. The second-order valence-electron chi connectivity index (χ2n) is 6.77. The van der Waals surface area contributed by atoms with Gasteiger partial charge >= 0.3 is 0 Å². The first-order valence-corrected chi connectivity index (χ1v) is 9.41. The number of aromatic nitrogens is 2. The summed E-state index contributed by atoms with van der Waals surface area (Å²) in [6.07, 6.45) is 2.60. The van der Waals surface area contributed by atoms with Gasteiger partial charge in [-0.25, -0.2) is 4.98 Å². The summed E-state index contributed by atoms with van der Waals surface area (Å²) in [6.45, 7) is 3.00. The Morgan fingerprint density at radius 1 is 1.39 bits per heavy atom. The van der Waals surface area contributed by atoms with E-state index in [0.29, 0.717) is 18.1 Å². The number of hydrogen-bond acceptors (Lipinski definition) is 7. The Hall–Kier alpha value is -3.18. The molecule has 3 rings (SSSR count). The van der Waals surface area contributed by atoms with Gasteiger partial charge in [0.1, 0.15) is 12.4 Å². The molecule has 1 fully saturated rings. The van der Waals surface area contributed by atoms with E-state index in [9.17, 15) is 4.79 Å². The van der Waals surface area contributed by atoms with E-state index in [1.165, 1.54) is 0 Å². The zero-order chi connectivity index (χ0) is 19.9. The van der Waals surface area contributed by atoms with E-state index in [2.05, 4.69) is 38.5 Å². The molecular weight excluding hydrogens is 356 g/mol. The topological polar surface area (TPSA) is 114 Å². The minimum absolute atomic E-state index is 0.00652. The van der Waals surface area contributed by atoms with Gasteiger partial charge in [0.25, 0.3) is 0 Å². The molecule has 8 heteroatoms. The molecule has 0 saturated carbocycles. The van der Waals surface area contributed by atoms with Gasteiger partial charge in [-0.3, -0.25) is 4.79 Å². The first kappa shape index (κ1) is 19.6. The van der Waals surface area contributed by atoms with Gasteiger partial charge in [-0.2, -0.15) is 10.2 Å². The van der Waals surface area contributed by atoms with Crippen molar-refractivity contribution in [3.05, 3.63) is 41.6 Å². The first-order valence-electron chi connectivity index (χ1n) is 9.41. The molecule has 1 saturated heterocycles. The highest BCUT2D eigenvalue weighted by molar-refractivity contribution is 5.77. The molecule has 8 nitrogen and oxygen atoms in total. The molecule has 1 aromatic carbocycles. The number of aryl methyl sites for hydroxylation is 1. The first-order chi connectivity index (χ1) is 13.6. The minimum atomic E-state index is -0.500. The Kier molecular flexibility index (Phi) is 6.40. The smallest absolute Gasteiger partial charge is 0.245 e. The molecule has 0 spiro atoms. The lowest BCUT2D eigenvalue weighted by Gasteiger charge is -2.19. The number of benzene rings is 1. The van der Waals surface area contributed by atoms with Crippen molar-refractivity contribution in [2.45, 2.75) is 32.2 Å². The highest BCUT2D eigenvalue weighted by Crippen LogP contribution is 2.23. The Bertz CT molecular complexity index is 879. The van der Waals surface area contributed by atoms with E-state index in [1.54, 1.807) is 12.1 Å². The Morgan fingerprint density at radius 3 is 3.00 bits per heavy atom. The third-order valence-corrected chi connectivity index (χ3v) is 4.54. The molecule has 3 N–H and O–H groups in total. The third-order valence-electron chi connectivity index (χ3n) is 4.54. The van der Waals surface area contributed by atoms with Gasteiger partial charge in [-0.05, 0) is 31.0 Å². The second-order valence-corrected chi connectivity index (χ2v) is 6.77. The third kappa shape index (κ3) is 4.96. The van der Waals surface area contributed by atoms with Crippen LogP contribution in [0.2, 0.25) is 0 Å². The van der Waals surface area contributed by atoms with Crippen LogP contribution < -0.4 is 15.5 Å². The molecule has 146 valence electrons. The van der Waals surface area contributed by atoms with Gasteiger partial charge in [0.05, 0.1) is 11.6 Å². The molecule has 1 amide bonds. The molecule has 28 heavy (non-hydrogen) atoms. The maximum atomic E-state index is 11.4. The zero-order valence-electron chi connectivity index (χ0n) is 15.9. The van der Waals surface area contributed by atoms with Gasteiger partial charge in [0, 0.05) is 36.6 Å². The molecule has 1 atom stereocenters. The maximum absolute atomic E-state index is 11.4. The fourth-order valence-corrected chi connectivity index (χ4v) is 3.24. The average molecular weight is 380 g/mol. The molecule has 0 bridgehead atoms. The summed E-state index contributed by atoms with van der Waals surface area (Å²) >= 11 is 0. The Balaban J connectivity index is 1.80. The van der Waals surface area contributed by atoms with Crippen molar-refractivity contribution in [2.75, 3.05) is 29.9 Å². The van der Waals surface area contributed by atoms with Crippen LogP contribution in [-0.4, -0.2) is 46.7 Å². The quantitative estimate of drug-likeness (QED) is 0.670. The largest absolute Gasteiger partial charge is 0.387 e. The van der Waals surface area contributed by atoms with Crippen molar-refractivity contribution < 1.29 is 9.90 Å². The molecule has 1 unspecified atom stereocenters. The summed E-state index contributed by atoms with van der Waals surface area (Å²) in [7, 11) is 0. The normalized spacial score (nSPS) is 15.9. The number of nitrogens with zero attached hydrogens (tertiary/aromatic N) is 4. The SMILES string of the molecule is CCCc1cc(N2CCC(NC(=O)CO)C2)nc(Nc2cccc(C#N)c2)n1. The van der Waals surface area contributed by atoms with Crippen LogP contribution in [0.4, 0.5) is 17.5 Å². The number of anilines is 3. The summed E-state index contributed by atoms with van der Waals surface area (Å²) in [5.41, 5.74) is 2.26. The number of amides is 1. The van der Waals surface area contributed by atoms with E-state index >= 15 is 0 Å².